The molecule has 8 nitrogen and oxygen atoms in total. The molecule has 0 aliphatic heterocycles. The largest absolute Gasteiger partial charge is 0.462 e. The number of pyridine rings is 1. The third-order valence-corrected chi connectivity index (χ3v) is 4.42. The van der Waals surface area contributed by atoms with E-state index < -0.39 is 5.97 Å². The van der Waals surface area contributed by atoms with Crippen LogP contribution in [-0.2, 0) is 4.74 Å². The highest BCUT2D eigenvalue weighted by molar-refractivity contribution is 5.97. The molecule has 0 saturated carbocycles. The van der Waals surface area contributed by atoms with Crippen LogP contribution < -0.4 is 5.56 Å². The van der Waals surface area contributed by atoms with Crippen LogP contribution in [0.1, 0.15) is 34.6 Å². The number of fused-ring (bicyclic) bond motifs is 3. The Hall–Kier alpha value is -3.81. The molecule has 0 radical (unpaired) electrons. The summed E-state index contributed by atoms with van der Waals surface area (Å²) in [6.07, 6.45) is 4.40. The fourth-order valence-electron chi connectivity index (χ4n) is 3.05. The Morgan fingerprint density at radius 2 is 2.00 bits per heavy atom. The first-order valence-corrected chi connectivity index (χ1v) is 8.68. The molecule has 0 spiro atoms. The Morgan fingerprint density at radius 1 is 1.18 bits per heavy atom. The molecule has 0 unspecified atom stereocenters. The smallest absolute Gasteiger partial charge is 0.343 e. The molecule has 140 valence electrons. The first kappa shape index (κ1) is 17.6. The number of carbonyl (C=O) groups excluding carboxylic acids is 2. The van der Waals surface area contributed by atoms with E-state index in [-0.39, 0.29) is 23.5 Å². The van der Waals surface area contributed by atoms with E-state index in [0.29, 0.717) is 27.8 Å². The maximum Gasteiger partial charge on any atom is 0.343 e. The van der Waals surface area contributed by atoms with Gasteiger partial charge in [0.15, 0.2) is 11.4 Å². The minimum atomic E-state index is -0.515. The molecule has 0 atom stereocenters. The molecule has 0 amide bonds. The molecule has 4 aromatic rings. The van der Waals surface area contributed by atoms with E-state index in [1.807, 2.05) is 0 Å². The van der Waals surface area contributed by atoms with Gasteiger partial charge in [-0.15, -0.1) is 0 Å². The van der Waals surface area contributed by atoms with Crippen LogP contribution in [0.3, 0.4) is 0 Å². The van der Waals surface area contributed by atoms with E-state index in [9.17, 15) is 14.4 Å². The zero-order valence-corrected chi connectivity index (χ0v) is 15.2. The number of ketones is 1. The number of Topliss-reactive ketones (excluding diaryl/α,β-unsaturated/α-hetero) is 1. The van der Waals surface area contributed by atoms with Gasteiger partial charge < -0.3 is 4.74 Å². The number of aromatic nitrogens is 4. The van der Waals surface area contributed by atoms with Gasteiger partial charge in [0.25, 0.3) is 5.56 Å². The van der Waals surface area contributed by atoms with Crippen molar-refractivity contribution in [2.75, 3.05) is 6.61 Å². The van der Waals surface area contributed by atoms with Crippen LogP contribution in [0.15, 0.2) is 53.7 Å². The first-order valence-electron chi connectivity index (χ1n) is 8.68. The van der Waals surface area contributed by atoms with Crippen LogP contribution >= 0.6 is 0 Å². The molecule has 4 rings (SSSR count). The summed E-state index contributed by atoms with van der Waals surface area (Å²) in [7, 11) is 0. The fourth-order valence-corrected chi connectivity index (χ4v) is 3.05. The van der Waals surface area contributed by atoms with Crippen LogP contribution in [0.2, 0.25) is 0 Å². The lowest BCUT2D eigenvalue weighted by atomic mass is 10.1. The number of benzene rings is 1. The summed E-state index contributed by atoms with van der Waals surface area (Å²) >= 11 is 0. The van der Waals surface area contributed by atoms with Crippen molar-refractivity contribution in [3.05, 3.63) is 70.4 Å². The molecule has 28 heavy (non-hydrogen) atoms. The fraction of sp³-hybridized carbons (Fsp3) is 0.150. The summed E-state index contributed by atoms with van der Waals surface area (Å²) in [5, 5.41) is 4.53. The Labute approximate surface area is 159 Å². The summed E-state index contributed by atoms with van der Waals surface area (Å²) in [4.78, 5) is 40.9. The maximum atomic E-state index is 13.0. The van der Waals surface area contributed by atoms with Gasteiger partial charge in [-0.25, -0.2) is 14.3 Å². The van der Waals surface area contributed by atoms with Crippen LogP contribution in [-0.4, -0.2) is 37.5 Å². The summed E-state index contributed by atoms with van der Waals surface area (Å²) in [6, 6.07) is 8.55. The zero-order chi connectivity index (χ0) is 19.8. The van der Waals surface area contributed by atoms with Crippen LogP contribution in [0, 0.1) is 0 Å². The molecular formula is C20H16N4O4. The van der Waals surface area contributed by atoms with Gasteiger partial charge in [-0.2, -0.15) is 5.10 Å². The summed E-state index contributed by atoms with van der Waals surface area (Å²) in [6.45, 7) is 3.44. The average molecular weight is 376 g/mol. The van der Waals surface area contributed by atoms with E-state index in [4.69, 9.17) is 4.74 Å². The lowest BCUT2D eigenvalue weighted by molar-refractivity contribution is 0.0528. The summed E-state index contributed by atoms with van der Waals surface area (Å²) in [5.74, 6) is -0.596. The molecule has 3 heterocycles. The van der Waals surface area contributed by atoms with Gasteiger partial charge in [-0.1, -0.05) is 12.1 Å². The van der Waals surface area contributed by atoms with Gasteiger partial charge in [0, 0.05) is 23.6 Å². The second-order valence-electron chi connectivity index (χ2n) is 6.17. The molecule has 0 aliphatic carbocycles. The maximum absolute atomic E-state index is 13.0. The minimum Gasteiger partial charge on any atom is -0.462 e. The van der Waals surface area contributed by atoms with Crippen molar-refractivity contribution in [3.8, 4) is 5.69 Å². The first-order chi connectivity index (χ1) is 13.5. The normalized spacial score (nSPS) is 11.1. The molecule has 0 saturated heterocycles. The Bertz CT molecular complexity index is 1300. The van der Waals surface area contributed by atoms with Crippen molar-refractivity contribution in [3.63, 3.8) is 0 Å². The number of rotatable bonds is 4. The highest BCUT2D eigenvalue weighted by atomic mass is 16.5. The van der Waals surface area contributed by atoms with Crippen molar-refractivity contribution in [1.82, 2.24) is 19.2 Å². The molecule has 0 N–H and O–H groups in total. The van der Waals surface area contributed by atoms with Gasteiger partial charge in [0.2, 0.25) is 0 Å². The number of carbonyl (C=O) groups is 2. The number of nitrogens with zero attached hydrogens (tertiary/aromatic N) is 4. The van der Waals surface area contributed by atoms with Crippen LogP contribution in [0.4, 0.5) is 0 Å². The molecule has 8 heteroatoms. The van der Waals surface area contributed by atoms with Gasteiger partial charge in [-0.3, -0.25) is 14.2 Å². The average Bonchev–Trinajstić information content (AvgIpc) is 3.13. The predicted molar refractivity (Wildman–Crippen MR) is 102 cm³/mol. The van der Waals surface area contributed by atoms with Crippen molar-refractivity contribution in [1.29, 1.82) is 0 Å². The van der Waals surface area contributed by atoms with Crippen molar-refractivity contribution < 1.29 is 14.3 Å². The minimum absolute atomic E-state index is 0.0814. The lowest BCUT2D eigenvalue weighted by Gasteiger charge is -2.09. The standard InChI is InChI=1S/C20H16N4O4/c1-3-28-20(27)16-11-22-24-17-7-8-23(19(26)15(17)10-21-18(16)24)14-6-4-5-13(9-14)12(2)25/h4-11H,3H2,1-2H3. The van der Waals surface area contributed by atoms with Crippen molar-refractivity contribution in [2.45, 2.75) is 13.8 Å². The van der Waals surface area contributed by atoms with E-state index in [2.05, 4.69) is 10.1 Å². The topological polar surface area (TPSA) is 95.6 Å². The summed E-state index contributed by atoms with van der Waals surface area (Å²) in [5.41, 5.74) is 1.87. The van der Waals surface area contributed by atoms with Gasteiger partial charge in [-0.05, 0) is 32.0 Å². The second-order valence-corrected chi connectivity index (χ2v) is 6.17. The van der Waals surface area contributed by atoms with Gasteiger partial charge in [0.1, 0.15) is 5.56 Å². The Kier molecular flexibility index (Phi) is 4.23. The zero-order valence-electron chi connectivity index (χ0n) is 15.2. The number of ether oxygens (including phenoxy) is 1. The molecule has 0 aliphatic rings. The van der Waals surface area contributed by atoms with E-state index in [1.54, 1.807) is 43.5 Å². The predicted octanol–water partition coefficient (Wildman–Crippen LogP) is 2.41. The van der Waals surface area contributed by atoms with E-state index >= 15 is 0 Å². The van der Waals surface area contributed by atoms with Crippen LogP contribution in [0.25, 0.3) is 22.2 Å². The third kappa shape index (κ3) is 2.75. The quantitative estimate of drug-likeness (QED) is 0.401. The number of hydrogen-bond donors (Lipinski definition) is 0. The second kappa shape index (κ2) is 6.73. The lowest BCUT2D eigenvalue weighted by Crippen LogP contribution is -2.19. The number of hydrogen-bond acceptors (Lipinski definition) is 6. The number of esters is 1. The summed E-state index contributed by atoms with van der Waals surface area (Å²) < 4.78 is 7.90. The van der Waals surface area contributed by atoms with Crippen molar-refractivity contribution >= 4 is 28.3 Å². The molecule has 0 bridgehead atoms. The van der Waals surface area contributed by atoms with Crippen molar-refractivity contribution in [2.24, 2.45) is 0 Å². The molecule has 3 aromatic heterocycles. The monoisotopic (exact) mass is 376 g/mol. The van der Waals surface area contributed by atoms with E-state index in [0.717, 1.165) is 0 Å². The van der Waals surface area contributed by atoms with Crippen LogP contribution in [0.5, 0.6) is 0 Å². The molecular weight excluding hydrogens is 360 g/mol. The van der Waals surface area contributed by atoms with Gasteiger partial charge >= 0.3 is 5.97 Å². The van der Waals surface area contributed by atoms with E-state index in [1.165, 1.54) is 28.4 Å². The highest BCUT2D eigenvalue weighted by Gasteiger charge is 2.17. The Morgan fingerprint density at radius 3 is 2.75 bits per heavy atom. The van der Waals surface area contributed by atoms with Gasteiger partial charge in [0.05, 0.1) is 23.7 Å². The third-order valence-electron chi connectivity index (χ3n) is 4.42. The molecule has 1 aromatic carbocycles. The SMILES string of the molecule is CCOC(=O)c1cnn2c1ncc1c(=O)n(-c3cccc(C(C)=O)c3)ccc12. The highest BCUT2D eigenvalue weighted by Crippen LogP contribution is 2.17. The Balaban J connectivity index is 1.90. The molecule has 0 fully saturated rings.